The van der Waals surface area contributed by atoms with Crippen molar-refractivity contribution in [2.75, 3.05) is 19.6 Å². The number of urea groups is 1. The van der Waals surface area contributed by atoms with Crippen molar-refractivity contribution in [1.29, 1.82) is 0 Å². The summed E-state index contributed by atoms with van der Waals surface area (Å²) in [6.45, 7) is 8.10. The van der Waals surface area contributed by atoms with Crippen molar-refractivity contribution >= 4 is 17.8 Å². The minimum absolute atomic E-state index is 0.0875. The molecule has 1 spiro atoms. The monoisotopic (exact) mass is 350 g/mol. The van der Waals surface area contributed by atoms with Gasteiger partial charge in [0.2, 0.25) is 5.91 Å². The van der Waals surface area contributed by atoms with Gasteiger partial charge >= 0.3 is 6.03 Å². The Kier molecular flexibility index (Phi) is 4.79. The third-order valence-corrected chi connectivity index (χ3v) is 6.04. The summed E-state index contributed by atoms with van der Waals surface area (Å²) < 4.78 is 0. The van der Waals surface area contributed by atoms with Crippen LogP contribution in [-0.2, 0) is 9.59 Å². The number of imide groups is 1. The van der Waals surface area contributed by atoms with Crippen LogP contribution in [0, 0.1) is 11.3 Å². The lowest BCUT2D eigenvalue weighted by Crippen LogP contribution is -2.51. The first-order valence-electron chi connectivity index (χ1n) is 9.35. The highest BCUT2D eigenvalue weighted by atomic mass is 16.2. The van der Waals surface area contributed by atoms with Crippen LogP contribution in [0.1, 0.15) is 52.9 Å². The molecule has 7 nitrogen and oxygen atoms in total. The smallest absolute Gasteiger partial charge is 0.325 e. The van der Waals surface area contributed by atoms with Gasteiger partial charge in [-0.25, -0.2) is 4.79 Å². The average Bonchev–Trinajstić information content (AvgIpc) is 3.10. The minimum Gasteiger partial charge on any atom is -0.350 e. The summed E-state index contributed by atoms with van der Waals surface area (Å²) in [5.41, 5.74) is -0.587. The fraction of sp³-hybridized carbons (Fsp3) is 0.833. The van der Waals surface area contributed by atoms with E-state index in [1.807, 2.05) is 0 Å². The number of amides is 4. The number of nitrogens with zero attached hydrogens (tertiary/aromatic N) is 1. The molecule has 0 aromatic heterocycles. The van der Waals surface area contributed by atoms with E-state index in [-0.39, 0.29) is 29.8 Å². The van der Waals surface area contributed by atoms with Gasteiger partial charge in [0, 0.05) is 12.6 Å². The molecule has 7 heteroatoms. The molecule has 25 heavy (non-hydrogen) atoms. The molecule has 0 radical (unpaired) electrons. The van der Waals surface area contributed by atoms with E-state index < -0.39 is 11.6 Å². The van der Waals surface area contributed by atoms with E-state index in [1.54, 1.807) is 0 Å². The van der Waals surface area contributed by atoms with Gasteiger partial charge in [0.05, 0.1) is 0 Å². The fourth-order valence-electron chi connectivity index (χ4n) is 4.33. The molecular formula is C18H30N4O3. The average molecular weight is 350 g/mol. The van der Waals surface area contributed by atoms with Crippen molar-refractivity contribution in [2.24, 2.45) is 11.3 Å². The van der Waals surface area contributed by atoms with Crippen LogP contribution in [0.25, 0.3) is 0 Å². The summed E-state index contributed by atoms with van der Waals surface area (Å²) in [5.74, 6) is 0.0530. The lowest BCUT2D eigenvalue weighted by Gasteiger charge is -2.40. The van der Waals surface area contributed by atoms with Crippen LogP contribution in [0.3, 0.4) is 0 Å². The maximum atomic E-state index is 12.9. The van der Waals surface area contributed by atoms with E-state index in [0.29, 0.717) is 18.8 Å². The fourth-order valence-corrected chi connectivity index (χ4v) is 4.33. The molecule has 2 heterocycles. The molecular weight excluding hydrogens is 320 g/mol. The van der Waals surface area contributed by atoms with Crippen LogP contribution in [0.2, 0.25) is 0 Å². The summed E-state index contributed by atoms with van der Waals surface area (Å²) in [6, 6.07) is -0.344. The van der Waals surface area contributed by atoms with Gasteiger partial charge in [-0.3, -0.25) is 14.5 Å². The number of hydrogen-bond acceptors (Lipinski definition) is 4. The number of hydrogen-bond donors (Lipinski definition) is 3. The summed E-state index contributed by atoms with van der Waals surface area (Å²) in [5, 5.41) is 8.95. The number of carbonyl (C=O) groups is 3. The summed E-state index contributed by atoms with van der Waals surface area (Å²) in [7, 11) is 0. The zero-order valence-corrected chi connectivity index (χ0v) is 15.5. The van der Waals surface area contributed by atoms with Crippen LogP contribution in [0.5, 0.6) is 0 Å². The highest BCUT2D eigenvalue weighted by Crippen LogP contribution is 2.43. The summed E-state index contributed by atoms with van der Waals surface area (Å²) >= 11 is 0. The Bertz CT molecular complexity index is 555. The van der Waals surface area contributed by atoms with Crippen LogP contribution in [0.15, 0.2) is 0 Å². The van der Waals surface area contributed by atoms with E-state index in [9.17, 15) is 14.4 Å². The van der Waals surface area contributed by atoms with Gasteiger partial charge < -0.3 is 16.0 Å². The van der Waals surface area contributed by atoms with E-state index in [1.165, 1.54) is 0 Å². The first-order chi connectivity index (χ1) is 11.7. The number of rotatable bonds is 3. The van der Waals surface area contributed by atoms with E-state index in [4.69, 9.17) is 0 Å². The molecule has 2 saturated heterocycles. The van der Waals surface area contributed by atoms with Gasteiger partial charge in [-0.05, 0) is 50.0 Å². The summed E-state index contributed by atoms with van der Waals surface area (Å²) in [4.78, 5) is 38.5. The van der Waals surface area contributed by atoms with E-state index >= 15 is 0 Å². The van der Waals surface area contributed by atoms with Crippen LogP contribution in [-0.4, -0.2) is 54.0 Å². The van der Waals surface area contributed by atoms with E-state index in [2.05, 4.69) is 36.7 Å². The van der Waals surface area contributed by atoms with Gasteiger partial charge in [0.25, 0.3) is 5.91 Å². The third-order valence-electron chi connectivity index (χ3n) is 6.04. The number of nitrogens with one attached hydrogen (secondary N) is 3. The topological polar surface area (TPSA) is 90.5 Å². The molecule has 1 saturated carbocycles. The molecule has 0 aromatic carbocycles. The van der Waals surface area contributed by atoms with Crippen molar-refractivity contribution in [3.05, 3.63) is 0 Å². The van der Waals surface area contributed by atoms with Gasteiger partial charge in [-0.15, -0.1) is 0 Å². The Morgan fingerprint density at radius 3 is 2.48 bits per heavy atom. The maximum absolute atomic E-state index is 12.9. The largest absolute Gasteiger partial charge is 0.350 e. The third kappa shape index (κ3) is 3.66. The molecule has 3 rings (SSSR count). The lowest BCUT2D eigenvalue weighted by atomic mass is 9.67. The van der Waals surface area contributed by atoms with Crippen molar-refractivity contribution in [1.82, 2.24) is 20.9 Å². The molecule has 3 aliphatic rings. The summed E-state index contributed by atoms with van der Waals surface area (Å²) in [6.07, 6.45) is 4.03. The molecule has 140 valence electrons. The zero-order valence-electron chi connectivity index (χ0n) is 15.5. The molecule has 4 amide bonds. The zero-order chi connectivity index (χ0) is 18.2. The van der Waals surface area contributed by atoms with Gasteiger partial charge in [-0.1, -0.05) is 20.8 Å². The molecule has 1 aliphatic carbocycles. The lowest BCUT2D eigenvalue weighted by molar-refractivity contribution is -0.136. The minimum atomic E-state index is -0.798. The normalized spacial score (nSPS) is 33.0. The second-order valence-corrected chi connectivity index (χ2v) is 8.80. The first-order valence-corrected chi connectivity index (χ1v) is 9.35. The highest BCUT2D eigenvalue weighted by molar-refractivity contribution is 6.09. The SMILES string of the molecule is CC(C)(C)C1CCC2(CC1)NC(=O)N(CC(=O)NC1CCNC1)C2=O. The molecule has 1 atom stereocenters. The van der Waals surface area contributed by atoms with Crippen LogP contribution >= 0.6 is 0 Å². The Morgan fingerprint density at radius 1 is 1.24 bits per heavy atom. The second kappa shape index (κ2) is 6.59. The Hall–Kier alpha value is -1.63. The Labute approximate surface area is 149 Å². The quantitative estimate of drug-likeness (QED) is 0.662. The van der Waals surface area contributed by atoms with Crippen molar-refractivity contribution in [3.63, 3.8) is 0 Å². The predicted molar refractivity (Wildman–Crippen MR) is 93.8 cm³/mol. The predicted octanol–water partition coefficient (Wildman–Crippen LogP) is 0.991. The molecule has 3 fully saturated rings. The molecule has 3 N–H and O–H groups in total. The van der Waals surface area contributed by atoms with Gasteiger partial charge in [0.15, 0.2) is 0 Å². The Balaban J connectivity index is 1.59. The van der Waals surface area contributed by atoms with Crippen molar-refractivity contribution in [2.45, 2.75) is 64.5 Å². The Morgan fingerprint density at radius 2 is 1.92 bits per heavy atom. The van der Waals surface area contributed by atoms with E-state index in [0.717, 1.165) is 37.3 Å². The maximum Gasteiger partial charge on any atom is 0.325 e. The second-order valence-electron chi connectivity index (χ2n) is 8.80. The van der Waals surface area contributed by atoms with Gasteiger partial charge in [0.1, 0.15) is 12.1 Å². The van der Waals surface area contributed by atoms with Crippen molar-refractivity contribution in [3.8, 4) is 0 Å². The molecule has 1 unspecified atom stereocenters. The van der Waals surface area contributed by atoms with Crippen LogP contribution < -0.4 is 16.0 Å². The molecule has 2 aliphatic heterocycles. The molecule has 0 bridgehead atoms. The molecule has 0 aromatic rings. The standard InChI is InChI=1S/C18H30N4O3/c1-17(2,3)12-4-7-18(8-5-12)15(24)22(16(25)21-18)11-14(23)20-13-6-9-19-10-13/h12-13,19H,4-11H2,1-3H3,(H,20,23)(H,21,25). The first kappa shape index (κ1) is 18.2. The van der Waals surface area contributed by atoms with Crippen LogP contribution in [0.4, 0.5) is 4.79 Å². The number of carbonyl (C=O) groups excluding carboxylic acids is 3. The van der Waals surface area contributed by atoms with Crippen molar-refractivity contribution < 1.29 is 14.4 Å². The highest BCUT2D eigenvalue weighted by Gasteiger charge is 2.53. The van der Waals surface area contributed by atoms with Gasteiger partial charge in [-0.2, -0.15) is 0 Å².